The Morgan fingerprint density at radius 3 is 2.87 bits per heavy atom. The molecule has 2 unspecified atom stereocenters. The topological polar surface area (TPSA) is 38.5 Å². The van der Waals surface area contributed by atoms with Crippen LogP contribution in [0.4, 0.5) is 0 Å². The van der Waals surface area contributed by atoms with E-state index in [2.05, 4.69) is 18.7 Å². The van der Waals surface area contributed by atoms with Crippen molar-refractivity contribution in [2.75, 3.05) is 26.7 Å². The van der Waals surface area contributed by atoms with Crippen LogP contribution >= 0.6 is 0 Å². The summed E-state index contributed by atoms with van der Waals surface area (Å²) in [7, 11) is 1.82. The highest BCUT2D eigenvalue weighted by Crippen LogP contribution is 2.23. The van der Waals surface area contributed by atoms with E-state index < -0.39 is 0 Å². The van der Waals surface area contributed by atoms with Gasteiger partial charge in [0.15, 0.2) is 0 Å². The second-order valence-electron chi connectivity index (χ2n) is 4.99. The van der Waals surface area contributed by atoms with Crippen molar-refractivity contribution >= 4 is 0 Å². The van der Waals surface area contributed by atoms with Gasteiger partial charge in [-0.1, -0.05) is 6.92 Å². The van der Waals surface area contributed by atoms with Gasteiger partial charge in [-0.2, -0.15) is 0 Å². The van der Waals surface area contributed by atoms with Crippen LogP contribution in [0.2, 0.25) is 0 Å². The van der Waals surface area contributed by atoms with Crippen LogP contribution in [0.15, 0.2) is 0 Å². The van der Waals surface area contributed by atoms with Gasteiger partial charge in [-0.3, -0.25) is 0 Å². The molecule has 0 spiro atoms. The molecule has 3 heteroatoms. The fraction of sp³-hybridized carbons (Fsp3) is 1.00. The van der Waals surface area contributed by atoms with Crippen LogP contribution in [0.25, 0.3) is 0 Å². The van der Waals surface area contributed by atoms with Crippen molar-refractivity contribution in [3.05, 3.63) is 0 Å². The van der Waals surface area contributed by atoms with Crippen LogP contribution in [0, 0.1) is 0 Å². The summed E-state index contributed by atoms with van der Waals surface area (Å²) >= 11 is 0. The van der Waals surface area contributed by atoms with Crippen molar-refractivity contribution in [2.24, 2.45) is 5.73 Å². The summed E-state index contributed by atoms with van der Waals surface area (Å²) in [5, 5.41) is 0. The van der Waals surface area contributed by atoms with Crippen LogP contribution in [-0.2, 0) is 4.74 Å². The lowest BCUT2D eigenvalue weighted by Gasteiger charge is -2.39. The molecular formula is C12H26N2O. The summed E-state index contributed by atoms with van der Waals surface area (Å²) in [5.74, 6) is 0. The first-order chi connectivity index (χ1) is 7.09. The van der Waals surface area contributed by atoms with Crippen molar-refractivity contribution in [2.45, 2.75) is 51.2 Å². The summed E-state index contributed by atoms with van der Waals surface area (Å²) in [6, 6.07) is 0.362. The molecule has 0 radical (unpaired) electrons. The van der Waals surface area contributed by atoms with E-state index in [1.807, 2.05) is 7.11 Å². The minimum Gasteiger partial charge on any atom is -0.377 e. The maximum absolute atomic E-state index is 5.93. The van der Waals surface area contributed by atoms with Crippen molar-refractivity contribution in [3.63, 3.8) is 0 Å². The van der Waals surface area contributed by atoms with Crippen molar-refractivity contribution in [1.82, 2.24) is 4.90 Å². The van der Waals surface area contributed by atoms with Gasteiger partial charge in [0.05, 0.1) is 5.60 Å². The quantitative estimate of drug-likeness (QED) is 0.755. The van der Waals surface area contributed by atoms with Gasteiger partial charge in [0.2, 0.25) is 0 Å². The molecule has 0 bridgehead atoms. The normalized spacial score (nSPS) is 30.4. The third kappa shape index (κ3) is 4.09. The van der Waals surface area contributed by atoms with Gasteiger partial charge in [-0.05, 0) is 45.7 Å². The summed E-state index contributed by atoms with van der Waals surface area (Å²) in [6.07, 6.45) is 4.61. The average Bonchev–Trinajstić information content (AvgIpc) is 2.26. The van der Waals surface area contributed by atoms with Crippen LogP contribution in [0.5, 0.6) is 0 Å². The number of ether oxygens (including phenoxy) is 1. The van der Waals surface area contributed by atoms with E-state index in [-0.39, 0.29) is 5.60 Å². The molecule has 0 amide bonds. The van der Waals surface area contributed by atoms with Crippen LogP contribution in [-0.4, -0.2) is 43.3 Å². The molecule has 90 valence electrons. The number of nitrogens with two attached hydrogens (primary N) is 1. The predicted molar refractivity (Wildman–Crippen MR) is 64.0 cm³/mol. The van der Waals surface area contributed by atoms with Crippen LogP contribution < -0.4 is 5.73 Å². The Bertz CT molecular complexity index is 186. The lowest BCUT2D eigenvalue weighted by Crippen LogP contribution is -2.48. The van der Waals surface area contributed by atoms with E-state index >= 15 is 0 Å². The fourth-order valence-corrected chi connectivity index (χ4v) is 2.22. The first-order valence-electron chi connectivity index (χ1n) is 6.13. The summed E-state index contributed by atoms with van der Waals surface area (Å²) in [4.78, 5) is 2.49. The fourth-order valence-electron chi connectivity index (χ4n) is 2.22. The second-order valence-corrected chi connectivity index (χ2v) is 4.99. The highest BCUT2D eigenvalue weighted by Gasteiger charge is 2.30. The van der Waals surface area contributed by atoms with Crippen LogP contribution in [0.3, 0.4) is 0 Å². The molecule has 0 aromatic rings. The van der Waals surface area contributed by atoms with Gasteiger partial charge in [0.1, 0.15) is 0 Å². The molecule has 0 aliphatic carbocycles. The Kier molecular flexibility index (Phi) is 5.03. The minimum absolute atomic E-state index is 0.0640. The highest BCUT2D eigenvalue weighted by atomic mass is 16.5. The molecule has 15 heavy (non-hydrogen) atoms. The van der Waals surface area contributed by atoms with E-state index in [1.54, 1.807) is 0 Å². The van der Waals surface area contributed by atoms with Gasteiger partial charge in [0, 0.05) is 19.7 Å². The van der Waals surface area contributed by atoms with E-state index in [0.29, 0.717) is 6.04 Å². The first-order valence-corrected chi connectivity index (χ1v) is 6.13. The zero-order chi connectivity index (χ0) is 11.3. The van der Waals surface area contributed by atoms with Crippen molar-refractivity contribution in [3.8, 4) is 0 Å². The average molecular weight is 214 g/mol. The molecule has 1 aliphatic rings. The maximum Gasteiger partial charge on any atom is 0.0777 e. The third-order valence-electron chi connectivity index (χ3n) is 3.57. The number of rotatable bonds is 5. The second kappa shape index (κ2) is 5.83. The van der Waals surface area contributed by atoms with Crippen LogP contribution in [0.1, 0.15) is 39.5 Å². The Labute approximate surface area is 94.0 Å². The van der Waals surface area contributed by atoms with Gasteiger partial charge in [-0.15, -0.1) is 0 Å². The molecule has 0 saturated carbocycles. The van der Waals surface area contributed by atoms with E-state index in [0.717, 1.165) is 25.9 Å². The lowest BCUT2D eigenvalue weighted by molar-refractivity contribution is -0.0510. The molecule has 2 atom stereocenters. The van der Waals surface area contributed by atoms with E-state index in [4.69, 9.17) is 10.5 Å². The predicted octanol–water partition coefficient (Wildman–Crippen LogP) is 1.61. The number of piperidine rings is 1. The number of likely N-dealkylation sites (tertiary alicyclic amines) is 1. The van der Waals surface area contributed by atoms with Gasteiger partial charge in [0.25, 0.3) is 0 Å². The molecule has 0 aromatic heterocycles. The standard InChI is InChI=1S/C12H26N2O/c1-4-11(13)6-9-14-8-5-7-12(2,10-14)15-3/h11H,4-10,13H2,1-3H3. The summed E-state index contributed by atoms with van der Waals surface area (Å²) in [5.41, 5.74) is 6.00. The summed E-state index contributed by atoms with van der Waals surface area (Å²) in [6.45, 7) is 7.74. The summed E-state index contributed by atoms with van der Waals surface area (Å²) < 4.78 is 5.57. The number of nitrogens with zero attached hydrogens (tertiary/aromatic N) is 1. The molecular weight excluding hydrogens is 188 g/mol. The molecule has 2 N–H and O–H groups in total. The Morgan fingerprint density at radius 2 is 2.27 bits per heavy atom. The third-order valence-corrected chi connectivity index (χ3v) is 3.57. The number of hydrogen-bond acceptors (Lipinski definition) is 3. The zero-order valence-corrected chi connectivity index (χ0v) is 10.5. The highest BCUT2D eigenvalue weighted by molar-refractivity contribution is 4.84. The number of hydrogen-bond donors (Lipinski definition) is 1. The number of methoxy groups -OCH3 is 1. The first kappa shape index (κ1) is 12.9. The SMILES string of the molecule is CCC(N)CCN1CCCC(C)(OC)C1. The molecule has 0 aromatic carbocycles. The molecule has 1 fully saturated rings. The lowest BCUT2D eigenvalue weighted by atomic mass is 9.94. The van der Waals surface area contributed by atoms with Crippen molar-refractivity contribution < 1.29 is 4.74 Å². The molecule has 1 aliphatic heterocycles. The smallest absolute Gasteiger partial charge is 0.0777 e. The Balaban J connectivity index is 2.30. The monoisotopic (exact) mass is 214 g/mol. The molecule has 1 heterocycles. The minimum atomic E-state index is 0.0640. The van der Waals surface area contributed by atoms with Gasteiger partial charge >= 0.3 is 0 Å². The van der Waals surface area contributed by atoms with E-state index in [1.165, 1.54) is 19.4 Å². The molecule has 3 nitrogen and oxygen atoms in total. The molecule has 1 saturated heterocycles. The van der Waals surface area contributed by atoms with Crippen molar-refractivity contribution in [1.29, 1.82) is 0 Å². The van der Waals surface area contributed by atoms with Gasteiger partial charge in [-0.25, -0.2) is 0 Å². The maximum atomic E-state index is 5.93. The molecule has 1 rings (SSSR count). The van der Waals surface area contributed by atoms with E-state index in [9.17, 15) is 0 Å². The van der Waals surface area contributed by atoms with Gasteiger partial charge < -0.3 is 15.4 Å². The Morgan fingerprint density at radius 1 is 1.53 bits per heavy atom. The largest absolute Gasteiger partial charge is 0.377 e. The zero-order valence-electron chi connectivity index (χ0n) is 10.5. The Hall–Kier alpha value is -0.120.